The number of nitrogens with zero attached hydrogens (tertiary/aromatic N) is 2. The van der Waals surface area contributed by atoms with Gasteiger partial charge in [-0.15, -0.1) is 0 Å². The molecule has 0 aromatic heterocycles. The summed E-state index contributed by atoms with van der Waals surface area (Å²) in [5.41, 5.74) is 4.04. The summed E-state index contributed by atoms with van der Waals surface area (Å²) >= 11 is 5.79. The first-order chi connectivity index (χ1) is 15.6. The zero-order valence-corrected chi connectivity index (χ0v) is 19.2. The molecule has 2 fully saturated rings. The number of carbonyl (C=O) groups excluding carboxylic acids is 1. The van der Waals surface area contributed by atoms with E-state index in [1.807, 2.05) is 35.2 Å². The summed E-state index contributed by atoms with van der Waals surface area (Å²) in [7, 11) is 0. The van der Waals surface area contributed by atoms with E-state index in [1.165, 1.54) is 11.1 Å². The van der Waals surface area contributed by atoms with E-state index in [9.17, 15) is 4.79 Å². The van der Waals surface area contributed by atoms with Gasteiger partial charge in [0, 0.05) is 43.7 Å². The summed E-state index contributed by atoms with van der Waals surface area (Å²) in [5.74, 6) is 5.75. The van der Waals surface area contributed by atoms with E-state index >= 15 is 0 Å². The Bertz CT molecular complexity index is 1040. The van der Waals surface area contributed by atoms with E-state index in [4.69, 9.17) is 12.2 Å². The fraction of sp³-hybridized carbons (Fsp3) is 0.407. The number of piperidine rings is 1. The molecule has 1 amide bonds. The van der Waals surface area contributed by atoms with Crippen molar-refractivity contribution in [2.45, 2.75) is 38.1 Å². The molecule has 32 heavy (non-hydrogen) atoms. The Morgan fingerprint density at radius 3 is 2.16 bits per heavy atom. The molecule has 1 N–H and O–H groups in total. The SMILES string of the molecule is O=C(C#Cc1ccccc1)N1CCC2(CC1)CCN(C(=S)NC1Cc3ccccc3C1)C2. The highest BCUT2D eigenvalue weighted by molar-refractivity contribution is 7.80. The molecule has 2 saturated heterocycles. The van der Waals surface area contributed by atoms with Gasteiger partial charge in [-0.25, -0.2) is 0 Å². The summed E-state index contributed by atoms with van der Waals surface area (Å²) < 4.78 is 0. The molecule has 0 saturated carbocycles. The van der Waals surface area contributed by atoms with Gasteiger partial charge in [-0.3, -0.25) is 4.79 Å². The van der Waals surface area contributed by atoms with Crippen molar-refractivity contribution in [2.75, 3.05) is 26.2 Å². The Morgan fingerprint density at radius 2 is 1.50 bits per heavy atom. The number of fused-ring (bicyclic) bond motifs is 1. The molecule has 164 valence electrons. The molecule has 2 aromatic carbocycles. The highest BCUT2D eigenvalue weighted by Gasteiger charge is 2.42. The lowest BCUT2D eigenvalue weighted by Crippen LogP contribution is -2.47. The van der Waals surface area contributed by atoms with Crippen molar-refractivity contribution in [2.24, 2.45) is 5.41 Å². The van der Waals surface area contributed by atoms with Crippen molar-refractivity contribution in [3.8, 4) is 11.8 Å². The Hall–Kier alpha value is -2.84. The van der Waals surface area contributed by atoms with Gasteiger partial charge in [0.15, 0.2) is 5.11 Å². The minimum absolute atomic E-state index is 0.0588. The van der Waals surface area contributed by atoms with Gasteiger partial charge >= 0.3 is 0 Å². The zero-order valence-electron chi connectivity index (χ0n) is 18.3. The van der Waals surface area contributed by atoms with Crippen LogP contribution in [0.4, 0.5) is 0 Å². The van der Waals surface area contributed by atoms with Gasteiger partial charge in [0.2, 0.25) is 0 Å². The van der Waals surface area contributed by atoms with Crippen LogP contribution in [0.25, 0.3) is 0 Å². The quantitative estimate of drug-likeness (QED) is 0.541. The first-order valence-electron chi connectivity index (χ1n) is 11.6. The lowest BCUT2D eigenvalue weighted by atomic mass is 9.78. The number of likely N-dealkylation sites (tertiary alicyclic amines) is 2. The van der Waals surface area contributed by atoms with Gasteiger partial charge in [-0.05, 0) is 73.0 Å². The molecule has 2 aromatic rings. The van der Waals surface area contributed by atoms with Crippen LogP contribution in [0.1, 0.15) is 36.0 Å². The largest absolute Gasteiger partial charge is 0.359 e. The Kier molecular flexibility index (Phi) is 5.89. The number of amides is 1. The highest BCUT2D eigenvalue weighted by atomic mass is 32.1. The van der Waals surface area contributed by atoms with Gasteiger partial charge in [-0.2, -0.15) is 0 Å². The van der Waals surface area contributed by atoms with Gasteiger partial charge in [0.25, 0.3) is 5.91 Å². The van der Waals surface area contributed by atoms with Gasteiger partial charge in [-0.1, -0.05) is 48.4 Å². The number of hydrogen-bond acceptors (Lipinski definition) is 2. The first kappa shape index (κ1) is 21.0. The summed E-state index contributed by atoms with van der Waals surface area (Å²) in [6.07, 6.45) is 5.31. The van der Waals surface area contributed by atoms with Crippen LogP contribution in [-0.4, -0.2) is 53.0 Å². The summed E-state index contributed by atoms with van der Waals surface area (Å²) in [5, 5.41) is 4.52. The number of thiocarbonyl (C=S) groups is 1. The van der Waals surface area contributed by atoms with Gasteiger partial charge in [0.05, 0.1) is 0 Å². The normalized spacial score (nSPS) is 19.4. The van der Waals surface area contributed by atoms with E-state index in [0.717, 1.165) is 69.0 Å². The van der Waals surface area contributed by atoms with E-state index in [-0.39, 0.29) is 11.3 Å². The summed E-state index contributed by atoms with van der Waals surface area (Å²) in [4.78, 5) is 16.8. The number of nitrogens with one attached hydrogen (secondary N) is 1. The average molecular weight is 444 g/mol. The first-order valence-corrected chi connectivity index (χ1v) is 12.0. The van der Waals surface area contributed by atoms with Crippen molar-refractivity contribution in [1.29, 1.82) is 0 Å². The predicted molar refractivity (Wildman–Crippen MR) is 131 cm³/mol. The second kappa shape index (κ2) is 8.96. The van der Waals surface area contributed by atoms with Gasteiger partial charge in [0.1, 0.15) is 0 Å². The molecule has 4 nitrogen and oxygen atoms in total. The maximum absolute atomic E-state index is 12.5. The predicted octanol–water partition coefficient (Wildman–Crippen LogP) is 3.39. The molecule has 0 bridgehead atoms. The molecular weight excluding hydrogens is 414 g/mol. The van der Waals surface area contributed by atoms with Crippen molar-refractivity contribution >= 4 is 23.2 Å². The van der Waals surface area contributed by atoms with Crippen LogP contribution in [0.3, 0.4) is 0 Å². The number of carbonyl (C=O) groups is 1. The Balaban J connectivity index is 1.11. The Labute approximate surface area is 196 Å². The highest BCUT2D eigenvalue weighted by Crippen LogP contribution is 2.40. The second-order valence-corrected chi connectivity index (χ2v) is 9.79. The maximum Gasteiger partial charge on any atom is 0.298 e. The summed E-state index contributed by atoms with van der Waals surface area (Å²) in [6.45, 7) is 3.58. The van der Waals surface area contributed by atoms with Crippen molar-refractivity contribution < 1.29 is 4.79 Å². The lowest BCUT2D eigenvalue weighted by Gasteiger charge is -2.38. The van der Waals surface area contributed by atoms with Crippen LogP contribution in [0.5, 0.6) is 0 Å². The third-order valence-electron chi connectivity index (χ3n) is 7.30. The zero-order chi connectivity index (χ0) is 22.0. The third-order valence-corrected chi connectivity index (χ3v) is 7.68. The molecular formula is C27H29N3OS. The minimum Gasteiger partial charge on any atom is -0.359 e. The lowest BCUT2D eigenvalue weighted by molar-refractivity contribution is -0.127. The molecule has 1 aliphatic carbocycles. The van der Waals surface area contributed by atoms with Crippen LogP contribution in [0, 0.1) is 17.3 Å². The second-order valence-electron chi connectivity index (χ2n) is 9.40. The van der Waals surface area contributed by atoms with Crippen molar-refractivity contribution in [1.82, 2.24) is 15.1 Å². The van der Waals surface area contributed by atoms with Crippen LogP contribution >= 0.6 is 12.2 Å². The molecule has 2 heterocycles. The number of rotatable bonds is 1. The molecule has 3 aliphatic rings. The summed E-state index contributed by atoms with van der Waals surface area (Å²) in [6, 6.07) is 18.8. The van der Waals surface area contributed by atoms with Crippen molar-refractivity contribution in [3.05, 3.63) is 71.3 Å². The molecule has 5 heteroatoms. The monoisotopic (exact) mass is 443 g/mol. The number of hydrogen-bond donors (Lipinski definition) is 1. The molecule has 1 spiro atoms. The van der Waals surface area contributed by atoms with Crippen LogP contribution < -0.4 is 5.32 Å². The topological polar surface area (TPSA) is 35.6 Å². The van der Waals surface area contributed by atoms with Crippen LogP contribution in [0.15, 0.2) is 54.6 Å². The van der Waals surface area contributed by atoms with E-state index < -0.39 is 0 Å². The van der Waals surface area contributed by atoms with Gasteiger partial charge < -0.3 is 15.1 Å². The maximum atomic E-state index is 12.5. The van der Waals surface area contributed by atoms with E-state index in [0.29, 0.717) is 6.04 Å². The Morgan fingerprint density at radius 1 is 0.906 bits per heavy atom. The molecule has 0 unspecified atom stereocenters. The van der Waals surface area contributed by atoms with E-state index in [1.54, 1.807) is 0 Å². The minimum atomic E-state index is -0.0588. The molecule has 0 atom stereocenters. The van der Waals surface area contributed by atoms with E-state index in [2.05, 4.69) is 46.3 Å². The van der Waals surface area contributed by atoms with Crippen LogP contribution in [-0.2, 0) is 17.6 Å². The third kappa shape index (κ3) is 4.52. The van der Waals surface area contributed by atoms with Crippen LogP contribution in [0.2, 0.25) is 0 Å². The smallest absolute Gasteiger partial charge is 0.298 e. The fourth-order valence-corrected chi connectivity index (χ4v) is 5.68. The number of benzene rings is 2. The fourth-order valence-electron chi connectivity index (χ4n) is 5.35. The average Bonchev–Trinajstić information content (AvgIpc) is 3.42. The molecule has 2 aliphatic heterocycles. The standard InChI is InChI=1S/C27H29N3OS/c31-25(11-10-21-6-2-1-3-7-21)29-15-12-27(13-16-29)14-17-30(20-27)26(32)28-24-18-22-8-4-5-9-23(22)19-24/h1-9,24H,12-20H2,(H,28,32). The molecule has 5 rings (SSSR count). The van der Waals surface area contributed by atoms with Crippen molar-refractivity contribution in [3.63, 3.8) is 0 Å². The molecule has 0 radical (unpaired) electrons.